The van der Waals surface area contributed by atoms with E-state index in [-0.39, 0.29) is 41.4 Å². The van der Waals surface area contributed by atoms with Crippen LogP contribution in [0.1, 0.15) is 71.1 Å². The summed E-state index contributed by atoms with van der Waals surface area (Å²) in [6.45, 7) is 3.24. The van der Waals surface area contributed by atoms with E-state index in [1.54, 1.807) is 4.90 Å². The number of nitrogens with zero attached hydrogens (tertiary/aromatic N) is 4. The van der Waals surface area contributed by atoms with Gasteiger partial charge in [0.2, 0.25) is 0 Å². The van der Waals surface area contributed by atoms with Crippen LogP contribution in [-0.4, -0.2) is 93.8 Å². The molecule has 3 heterocycles. The van der Waals surface area contributed by atoms with Crippen LogP contribution in [0.3, 0.4) is 0 Å². The molecule has 12 heteroatoms. The average molecular weight is 531 g/mol. The summed E-state index contributed by atoms with van der Waals surface area (Å²) in [6.07, 6.45) is 6.81. The highest BCUT2D eigenvalue weighted by Gasteiger charge is 2.68. The zero-order chi connectivity index (χ0) is 27.4. The molecule has 2 aliphatic carbocycles. The zero-order valence-corrected chi connectivity index (χ0v) is 22.2. The Kier molecular flexibility index (Phi) is 6.65. The molecule has 5 rings (SSSR count). The van der Waals surface area contributed by atoms with Crippen molar-refractivity contribution in [3.8, 4) is 0 Å². The van der Waals surface area contributed by atoms with Gasteiger partial charge in [-0.2, -0.15) is 0 Å². The molecule has 1 atom stereocenters. The fourth-order valence-electron chi connectivity index (χ4n) is 7.21. The molecule has 2 spiro atoms. The molecule has 0 aromatic carbocycles. The molecular weight excluding hydrogens is 492 g/mol. The summed E-state index contributed by atoms with van der Waals surface area (Å²) < 4.78 is 5.76. The molecule has 0 aromatic heterocycles. The van der Waals surface area contributed by atoms with Crippen LogP contribution in [0.4, 0.5) is 9.59 Å². The van der Waals surface area contributed by atoms with Crippen LogP contribution in [0.25, 0.3) is 0 Å². The third-order valence-electron chi connectivity index (χ3n) is 9.22. The van der Waals surface area contributed by atoms with E-state index < -0.39 is 29.4 Å². The molecule has 2 saturated carbocycles. The summed E-state index contributed by atoms with van der Waals surface area (Å²) in [5.74, 6) is -2.02. The van der Waals surface area contributed by atoms with Crippen molar-refractivity contribution in [2.45, 2.75) is 88.8 Å². The Bertz CT molecular complexity index is 1080. The zero-order valence-electron chi connectivity index (χ0n) is 22.2. The van der Waals surface area contributed by atoms with E-state index in [2.05, 4.69) is 0 Å². The molecule has 5 aliphatic rings. The van der Waals surface area contributed by atoms with Crippen molar-refractivity contribution in [3.05, 3.63) is 11.4 Å². The first-order valence-corrected chi connectivity index (χ1v) is 13.7. The number of likely N-dealkylation sites (N-methyl/N-ethyl adjacent to an activating group) is 1. The highest BCUT2D eigenvalue weighted by atomic mass is 16.5. The first-order valence-electron chi connectivity index (χ1n) is 13.7. The Hall–Kier alpha value is -3.15. The van der Waals surface area contributed by atoms with E-state index in [1.807, 2.05) is 6.92 Å². The lowest BCUT2D eigenvalue weighted by Crippen LogP contribution is -2.66. The molecule has 0 bridgehead atoms. The predicted molar refractivity (Wildman–Crippen MR) is 135 cm³/mol. The van der Waals surface area contributed by atoms with E-state index in [1.165, 1.54) is 11.9 Å². The van der Waals surface area contributed by atoms with E-state index >= 15 is 0 Å². The molecule has 3 saturated heterocycles. The Morgan fingerprint density at radius 3 is 2.26 bits per heavy atom. The number of ether oxygens (including phenoxy) is 1. The van der Waals surface area contributed by atoms with Crippen molar-refractivity contribution in [3.63, 3.8) is 0 Å². The minimum atomic E-state index is -0.839. The second-order valence-corrected chi connectivity index (χ2v) is 11.6. The molecule has 0 unspecified atom stereocenters. The average Bonchev–Trinajstić information content (AvgIpc) is 3.43. The van der Waals surface area contributed by atoms with Crippen molar-refractivity contribution in [1.82, 2.24) is 19.6 Å². The number of amides is 7. The third-order valence-corrected chi connectivity index (χ3v) is 9.22. The van der Waals surface area contributed by atoms with Crippen LogP contribution in [0, 0.1) is 5.41 Å². The topological polar surface area (TPSA) is 160 Å². The number of imide groups is 3. The molecule has 4 N–H and O–H groups in total. The standard InChI is InChI=1S/C26H38N6O6/c1-3-4-11-30-20(33)18(19(27)28)21(34)32(24(30)37)16-7-9-25(10-8-16)14-26(15-25)22(35)29(2)23(36)31(26)13-17-6-5-12-38-17/h16-17H,3-15,27-28H2,1-2H3/t16?,17-,25?,26?/m0/s1. The van der Waals surface area contributed by atoms with Gasteiger partial charge >= 0.3 is 12.1 Å². The molecular formula is C26H38N6O6. The molecule has 208 valence electrons. The first-order chi connectivity index (χ1) is 18.0. The number of rotatable bonds is 6. The quantitative estimate of drug-likeness (QED) is 0.295. The van der Waals surface area contributed by atoms with Gasteiger partial charge in [0.25, 0.3) is 17.7 Å². The monoisotopic (exact) mass is 530 g/mol. The molecule has 5 fully saturated rings. The maximum absolute atomic E-state index is 13.3. The number of hydrogen-bond acceptors (Lipinski definition) is 8. The number of nitrogens with two attached hydrogens (primary N) is 2. The minimum absolute atomic E-state index is 0.0471. The first kappa shape index (κ1) is 26.5. The summed E-state index contributed by atoms with van der Waals surface area (Å²) >= 11 is 0. The van der Waals surface area contributed by atoms with Gasteiger partial charge in [0, 0.05) is 32.8 Å². The summed E-state index contributed by atoms with van der Waals surface area (Å²) in [7, 11) is 1.54. The lowest BCUT2D eigenvalue weighted by Gasteiger charge is -2.59. The number of carbonyl (C=O) groups is 5. The molecule has 7 amide bonds. The Labute approximate surface area is 222 Å². The molecule has 12 nitrogen and oxygen atoms in total. The van der Waals surface area contributed by atoms with Crippen molar-refractivity contribution < 1.29 is 28.7 Å². The molecule has 0 aromatic rings. The van der Waals surface area contributed by atoms with Crippen molar-refractivity contribution in [1.29, 1.82) is 0 Å². The van der Waals surface area contributed by atoms with Crippen LogP contribution in [0.2, 0.25) is 0 Å². The van der Waals surface area contributed by atoms with Gasteiger partial charge in [0.15, 0.2) is 0 Å². The summed E-state index contributed by atoms with van der Waals surface area (Å²) in [4.78, 5) is 70.7. The highest BCUT2D eigenvalue weighted by Crippen LogP contribution is 2.61. The third kappa shape index (κ3) is 3.95. The van der Waals surface area contributed by atoms with Gasteiger partial charge in [0.1, 0.15) is 16.9 Å². The second kappa shape index (κ2) is 9.55. The van der Waals surface area contributed by atoms with Crippen LogP contribution >= 0.6 is 0 Å². The Balaban J connectivity index is 1.30. The predicted octanol–water partition coefficient (Wildman–Crippen LogP) is 1.24. The molecule has 0 radical (unpaired) electrons. The lowest BCUT2D eigenvalue weighted by molar-refractivity contribution is -0.151. The van der Waals surface area contributed by atoms with Crippen molar-refractivity contribution in [2.24, 2.45) is 16.9 Å². The number of barbiturate groups is 1. The van der Waals surface area contributed by atoms with E-state index in [9.17, 15) is 24.0 Å². The van der Waals surface area contributed by atoms with Gasteiger partial charge < -0.3 is 21.1 Å². The number of urea groups is 2. The van der Waals surface area contributed by atoms with Crippen LogP contribution in [-0.2, 0) is 19.1 Å². The lowest BCUT2D eigenvalue weighted by atomic mass is 9.51. The summed E-state index contributed by atoms with van der Waals surface area (Å²) in [6, 6.07) is -1.28. The Morgan fingerprint density at radius 2 is 1.68 bits per heavy atom. The van der Waals surface area contributed by atoms with Gasteiger partial charge in [-0.1, -0.05) is 13.3 Å². The number of carbonyl (C=O) groups excluding carboxylic acids is 5. The number of hydrogen-bond donors (Lipinski definition) is 2. The maximum Gasteiger partial charge on any atom is 0.334 e. The van der Waals surface area contributed by atoms with Gasteiger partial charge in [-0.3, -0.25) is 29.1 Å². The van der Waals surface area contributed by atoms with Gasteiger partial charge in [-0.05, 0) is 63.2 Å². The Morgan fingerprint density at radius 1 is 1.00 bits per heavy atom. The summed E-state index contributed by atoms with van der Waals surface area (Å²) in [5.41, 5.74) is 10.1. The van der Waals surface area contributed by atoms with Gasteiger partial charge in [-0.25, -0.2) is 9.59 Å². The summed E-state index contributed by atoms with van der Waals surface area (Å²) in [5, 5.41) is 0. The van der Waals surface area contributed by atoms with Crippen LogP contribution in [0.15, 0.2) is 11.4 Å². The van der Waals surface area contributed by atoms with Crippen molar-refractivity contribution >= 4 is 29.8 Å². The normalized spacial score (nSPS) is 33.8. The van der Waals surface area contributed by atoms with Gasteiger partial charge in [0.05, 0.1) is 6.10 Å². The maximum atomic E-state index is 13.3. The van der Waals surface area contributed by atoms with Gasteiger partial charge in [-0.15, -0.1) is 0 Å². The van der Waals surface area contributed by atoms with E-state index in [0.29, 0.717) is 58.1 Å². The molecule has 3 aliphatic heterocycles. The smallest absolute Gasteiger partial charge is 0.334 e. The second-order valence-electron chi connectivity index (χ2n) is 11.6. The fraction of sp³-hybridized carbons (Fsp3) is 0.731. The SMILES string of the molecule is CCCCN1C(=O)C(=C(N)N)C(=O)N(C2CCC3(CC2)CC2(C3)C(=O)N(C)C(=O)N2C[C@@H]2CCCO2)C1=O. The van der Waals surface area contributed by atoms with E-state index in [4.69, 9.17) is 16.2 Å². The van der Waals surface area contributed by atoms with Crippen LogP contribution in [0.5, 0.6) is 0 Å². The largest absolute Gasteiger partial charge is 0.385 e. The van der Waals surface area contributed by atoms with Crippen LogP contribution < -0.4 is 11.5 Å². The van der Waals surface area contributed by atoms with Crippen molar-refractivity contribution in [2.75, 3.05) is 26.7 Å². The van der Waals surface area contributed by atoms with E-state index in [0.717, 1.165) is 29.1 Å². The fourth-order valence-corrected chi connectivity index (χ4v) is 7.21. The number of unbranched alkanes of at least 4 members (excludes halogenated alkanes) is 1. The molecule has 38 heavy (non-hydrogen) atoms. The highest BCUT2D eigenvalue weighted by molar-refractivity contribution is 6.29. The minimum Gasteiger partial charge on any atom is -0.385 e.